The quantitative estimate of drug-likeness (QED) is 0.584. The zero-order valence-corrected chi connectivity index (χ0v) is 15.4. The Bertz CT molecular complexity index is 795. The van der Waals surface area contributed by atoms with Gasteiger partial charge < -0.3 is 15.8 Å². The number of nitrogens with one attached hydrogen (secondary N) is 1. The van der Waals surface area contributed by atoms with Crippen molar-refractivity contribution in [3.63, 3.8) is 0 Å². The van der Waals surface area contributed by atoms with Crippen LogP contribution in [0, 0.1) is 6.92 Å². The Morgan fingerprint density at radius 1 is 1.25 bits per heavy atom. The predicted octanol–water partition coefficient (Wildman–Crippen LogP) is 4.18. The lowest BCUT2D eigenvalue weighted by molar-refractivity contribution is -0.123. The van der Waals surface area contributed by atoms with Gasteiger partial charge in [0.05, 0.1) is 5.56 Å². The highest BCUT2D eigenvalue weighted by atomic mass is 79.9. The van der Waals surface area contributed by atoms with E-state index in [9.17, 15) is 9.59 Å². The van der Waals surface area contributed by atoms with Crippen molar-refractivity contribution in [1.29, 1.82) is 0 Å². The first-order valence-corrected chi connectivity index (χ1v) is 8.28. The normalized spacial score (nSPS) is 11.7. The molecule has 0 unspecified atom stereocenters. The molecule has 2 aromatic rings. The van der Waals surface area contributed by atoms with Gasteiger partial charge in [-0.1, -0.05) is 33.6 Å². The second-order valence-corrected chi connectivity index (χ2v) is 6.58. The van der Waals surface area contributed by atoms with E-state index in [1.807, 2.05) is 6.92 Å². The first kappa shape index (κ1) is 18.3. The number of halogens is 2. The molecule has 0 aliphatic heterocycles. The Morgan fingerprint density at radius 2 is 1.96 bits per heavy atom. The van der Waals surface area contributed by atoms with Crippen LogP contribution >= 0.6 is 27.5 Å². The maximum Gasteiger partial charge on any atom is 0.341 e. The molecule has 2 aromatic carbocycles. The number of aryl methyl sites for hydroxylation is 1. The molecular formula is C17H16BrClN2O3. The Hall–Kier alpha value is -2.05. The zero-order chi connectivity index (χ0) is 17.9. The summed E-state index contributed by atoms with van der Waals surface area (Å²) in [5.41, 5.74) is 7.66. The van der Waals surface area contributed by atoms with Crippen molar-refractivity contribution in [1.82, 2.24) is 0 Å². The van der Waals surface area contributed by atoms with Crippen LogP contribution in [0.1, 0.15) is 22.8 Å². The fourth-order valence-electron chi connectivity index (χ4n) is 1.95. The Kier molecular flexibility index (Phi) is 5.85. The molecule has 0 fully saturated rings. The summed E-state index contributed by atoms with van der Waals surface area (Å²) in [6.07, 6.45) is -0.991. The molecule has 126 valence electrons. The van der Waals surface area contributed by atoms with E-state index < -0.39 is 18.0 Å². The summed E-state index contributed by atoms with van der Waals surface area (Å²) >= 11 is 9.19. The highest BCUT2D eigenvalue weighted by Gasteiger charge is 2.21. The van der Waals surface area contributed by atoms with E-state index >= 15 is 0 Å². The minimum Gasteiger partial charge on any atom is -0.449 e. The van der Waals surface area contributed by atoms with E-state index in [0.717, 1.165) is 5.56 Å². The van der Waals surface area contributed by atoms with Crippen molar-refractivity contribution in [2.45, 2.75) is 20.0 Å². The number of amides is 1. The highest BCUT2D eigenvalue weighted by molar-refractivity contribution is 9.10. The van der Waals surface area contributed by atoms with Crippen molar-refractivity contribution in [2.24, 2.45) is 0 Å². The third-order valence-corrected chi connectivity index (χ3v) is 4.07. The SMILES string of the molecule is Cc1ccc(Cl)cc1NC(=O)[C@@H](C)OC(=O)c1cc(Br)ccc1N. The average Bonchev–Trinajstić information content (AvgIpc) is 2.53. The largest absolute Gasteiger partial charge is 0.449 e. The summed E-state index contributed by atoms with van der Waals surface area (Å²) in [5, 5.41) is 3.19. The third kappa shape index (κ3) is 4.49. The maximum absolute atomic E-state index is 12.2. The standard InChI is InChI=1S/C17H16BrClN2O3/c1-9-3-5-12(19)8-15(9)21-16(22)10(2)24-17(23)13-7-11(18)4-6-14(13)20/h3-8,10H,20H2,1-2H3,(H,21,22)/t10-/m1/s1. The number of ether oxygens (including phenoxy) is 1. The first-order chi connectivity index (χ1) is 11.3. The van der Waals surface area contributed by atoms with Crippen LogP contribution in [0.3, 0.4) is 0 Å². The molecular weight excluding hydrogens is 396 g/mol. The number of anilines is 2. The Morgan fingerprint density at radius 3 is 2.67 bits per heavy atom. The van der Waals surface area contributed by atoms with Gasteiger partial charge in [-0.3, -0.25) is 4.79 Å². The number of hydrogen-bond donors (Lipinski definition) is 2. The van der Waals surface area contributed by atoms with Gasteiger partial charge in [-0.25, -0.2) is 4.79 Å². The molecule has 0 radical (unpaired) electrons. The molecule has 1 amide bonds. The smallest absolute Gasteiger partial charge is 0.341 e. The zero-order valence-electron chi connectivity index (χ0n) is 13.1. The monoisotopic (exact) mass is 410 g/mol. The van der Waals surface area contributed by atoms with E-state index in [2.05, 4.69) is 21.2 Å². The minimum atomic E-state index is -0.991. The predicted molar refractivity (Wildman–Crippen MR) is 98.3 cm³/mol. The molecule has 7 heteroatoms. The van der Waals surface area contributed by atoms with Gasteiger partial charge in [0, 0.05) is 20.9 Å². The molecule has 0 aromatic heterocycles. The highest BCUT2D eigenvalue weighted by Crippen LogP contribution is 2.22. The number of nitrogen functional groups attached to an aromatic ring is 1. The number of hydrogen-bond acceptors (Lipinski definition) is 4. The molecule has 1 atom stereocenters. The molecule has 0 saturated heterocycles. The van der Waals surface area contributed by atoms with Gasteiger partial charge in [0.2, 0.25) is 0 Å². The molecule has 0 aliphatic rings. The lowest BCUT2D eigenvalue weighted by Gasteiger charge is -2.15. The number of carbonyl (C=O) groups is 2. The van der Waals surface area contributed by atoms with E-state index in [-0.39, 0.29) is 11.3 Å². The van der Waals surface area contributed by atoms with Crippen LogP contribution in [-0.2, 0) is 9.53 Å². The van der Waals surface area contributed by atoms with Gasteiger partial charge in [0.25, 0.3) is 5.91 Å². The number of benzene rings is 2. The number of rotatable bonds is 4. The molecule has 0 aliphatic carbocycles. The van der Waals surface area contributed by atoms with Crippen LogP contribution in [-0.4, -0.2) is 18.0 Å². The van der Waals surface area contributed by atoms with Gasteiger partial charge in [-0.2, -0.15) is 0 Å². The van der Waals surface area contributed by atoms with Crippen molar-refractivity contribution in [3.05, 3.63) is 57.0 Å². The van der Waals surface area contributed by atoms with Gasteiger partial charge >= 0.3 is 5.97 Å². The number of esters is 1. The van der Waals surface area contributed by atoms with Crippen LogP contribution in [0.4, 0.5) is 11.4 Å². The summed E-state index contributed by atoms with van der Waals surface area (Å²) < 4.78 is 5.88. The fourth-order valence-corrected chi connectivity index (χ4v) is 2.48. The van der Waals surface area contributed by atoms with Crippen molar-refractivity contribution in [2.75, 3.05) is 11.1 Å². The molecule has 2 rings (SSSR count). The number of nitrogens with two attached hydrogens (primary N) is 1. The third-order valence-electron chi connectivity index (χ3n) is 3.35. The van der Waals surface area contributed by atoms with Gasteiger partial charge in [0.1, 0.15) is 0 Å². The van der Waals surface area contributed by atoms with Crippen LogP contribution in [0.15, 0.2) is 40.9 Å². The Balaban J connectivity index is 2.07. The average molecular weight is 412 g/mol. The van der Waals surface area contributed by atoms with Crippen LogP contribution in [0.2, 0.25) is 5.02 Å². The van der Waals surface area contributed by atoms with Gasteiger partial charge in [0.15, 0.2) is 6.10 Å². The summed E-state index contributed by atoms with van der Waals surface area (Å²) in [7, 11) is 0. The molecule has 0 heterocycles. The van der Waals surface area contributed by atoms with Crippen LogP contribution in [0.5, 0.6) is 0 Å². The lowest BCUT2D eigenvalue weighted by Crippen LogP contribution is -2.30. The summed E-state index contributed by atoms with van der Waals surface area (Å²) in [6, 6.07) is 9.99. The molecule has 5 nitrogen and oxygen atoms in total. The summed E-state index contributed by atoms with van der Waals surface area (Å²) in [6.45, 7) is 3.33. The molecule has 24 heavy (non-hydrogen) atoms. The Labute approximate surface area is 153 Å². The van der Waals surface area contributed by atoms with E-state index in [4.69, 9.17) is 22.1 Å². The second kappa shape index (κ2) is 7.68. The van der Waals surface area contributed by atoms with Crippen molar-refractivity contribution < 1.29 is 14.3 Å². The van der Waals surface area contributed by atoms with Crippen LogP contribution < -0.4 is 11.1 Å². The van der Waals surface area contributed by atoms with Gasteiger partial charge in [-0.05, 0) is 49.7 Å². The fraction of sp³-hybridized carbons (Fsp3) is 0.176. The van der Waals surface area contributed by atoms with Crippen molar-refractivity contribution in [3.8, 4) is 0 Å². The van der Waals surface area contributed by atoms with E-state index in [1.54, 1.807) is 36.4 Å². The second-order valence-electron chi connectivity index (χ2n) is 5.23. The van der Waals surface area contributed by atoms with Crippen molar-refractivity contribution >= 4 is 50.8 Å². The lowest BCUT2D eigenvalue weighted by atomic mass is 10.2. The van der Waals surface area contributed by atoms with E-state index in [1.165, 1.54) is 6.92 Å². The van der Waals surface area contributed by atoms with Gasteiger partial charge in [-0.15, -0.1) is 0 Å². The molecule has 3 N–H and O–H groups in total. The van der Waals surface area contributed by atoms with Crippen LogP contribution in [0.25, 0.3) is 0 Å². The minimum absolute atomic E-state index is 0.197. The first-order valence-electron chi connectivity index (χ1n) is 7.11. The maximum atomic E-state index is 12.2. The van der Waals surface area contributed by atoms with E-state index in [0.29, 0.717) is 15.2 Å². The number of carbonyl (C=O) groups excluding carboxylic acids is 2. The molecule has 0 spiro atoms. The summed E-state index contributed by atoms with van der Waals surface area (Å²) in [4.78, 5) is 24.4. The summed E-state index contributed by atoms with van der Waals surface area (Å²) in [5.74, 6) is -1.12. The molecule has 0 saturated carbocycles. The molecule has 0 bridgehead atoms. The topological polar surface area (TPSA) is 81.4 Å².